The van der Waals surface area contributed by atoms with Crippen molar-refractivity contribution in [1.29, 1.82) is 0 Å². The van der Waals surface area contributed by atoms with E-state index >= 15 is 0 Å². The molecule has 0 unspecified atom stereocenters. The smallest absolute Gasteiger partial charge is 0.338 e. The first kappa shape index (κ1) is 10.6. The van der Waals surface area contributed by atoms with Gasteiger partial charge < -0.3 is 10.5 Å². The van der Waals surface area contributed by atoms with Crippen molar-refractivity contribution >= 4 is 11.7 Å². The Kier molecular flexibility index (Phi) is 3.12. The maximum atomic E-state index is 11.4. The highest BCUT2D eigenvalue weighted by atomic mass is 16.5. The van der Waals surface area contributed by atoms with Gasteiger partial charge in [0.05, 0.1) is 12.7 Å². The fourth-order valence-corrected chi connectivity index (χ4v) is 1.52. The average molecular weight is 193 g/mol. The Morgan fingerprint density at radius 3 is 2.57 bits per heavy atom. The van der Waals surface area contributed by atoms with Crippen molar-refractivity contribution in [2.75, 3.05) is 12.8 Å². The quantitative estimate of drug-likeness (QED) is 0.578. The lowest BCUT2D eigenvalue weighted by molar-refractivity contribution is 0.0599. The molecule has 3 heteroatoms. The van der Waals surface area contributed by atoms with Gasteiger partial charge >= 0.3 is 5.97 Å². The summed E-state index contributed by atoms with van der Waals surface area (Å²) in [5.41, 5.74) is 7.87. The standard InChI is InChI=1S/C11H15NO2/c1-7(2)10-8(11(13)14-3)5-4-6-9(10)12/h4-7H,12H2,1-3H3. The van der Waals surface area contributed by atoms with E-state index in [-0.39, 0.29) is 11.9 Å². The van der Waals surface area contributed by atoms with Gasteiger partial charge in [-0.15, -0.1) is 0 Å². The first-order valence-electron chi connectivity index (χ1n) is 4.54. The number of esters is 1. The van der Waals surface area contributed by atoms with E-state index in [1.165, 1.54) is 7.11 Å². The molecule has 3 nitrogen and oxygen atoms in total. The van der Waals surface area contributed by atoms with E-state index < -0.39 is 0 Å². The van der Waals surface area contributed by atoms with Gasteiger partial charge in [0.1, 0.15) is 0 Å². The Balaban J connectivity index is 3.28. The lowest BCUT2D eigenvalue weighted by atomic mass is 9.95. The molecule has 1 aromatic carbocycles. The van der Waals surface area contributed by atoms with Crippen molar-refractivity contribution in [3.05, 3.63) is 29.3 Å². The molecule has 0 spiro atoms. The molecule has 0 atom stereocenters. The number of carbonyl (C=O) groups excluding carboxylic acids is 1. The van der Waals surface area contributed by atoms with Crippen LogP contribution in [-0.2, 0) is 4.74 Å². The van der Waals surface area contributed by atoms with Crippen LogP contribution in [0.4, 0.5) is 5.69 Å². The van der Waals surface area contributed by atoms with Gasteiger partial charge in [0, 0.05) is 5.69 Å². The molecule has 76 valence electrons. The van der Waals surface area contributed by atoms with Crippen LogP contribution in [0.2, 0.25) is 0 Å². The zero-order valence-corrected chi connectivity index (χ0v) is 8.70. The topological polar surface area (TPSA) is 52.3 Å². The Labute approximate surface area is 83.9 Å². The summed E-state index contributed by atoms with van der Waals surface area (Å²) < 4.78 is 4.69. The predicted octanol–water partition coefficient (Wildman–Crippen LogP) is 2.18. The molecule has 0 saturated carbocycles. The monoisotopic (exact) mass is 193 g/mol. The fourth-order valence-electron chi connectivity index (χ4n) is 1.52. The Morgan fingerprint density at radius 1 is 1.43 bits per heavy atom. The summed E-state index contributed by atoms with van der Waals surface area (Å²) >= 11 is 0. The molecule has 0 saturated heterocycles. The molecule has 14 heavy (non-hydrogen) atoms. The largest absolute Gasteiger partial charge is 0.465 e. The van der Waals surface area contributed by atoms with Crippen molar-refractivity contribution in [3.8, 4) is 0 Å². The van der Waals surface area contributed by atoms with Crippen LogP contribution in [0, 0.1) is 0 Å². The molecule has 0 radical (unpaired) electrons. The maximum absolute atomic E-state index is 11.4. The Morgan fingerprint density at radius 2 is 2.07 bits per heavy atom. The van der Waals surface area contributed by atoms with Crippen molar-refractivity contribution in [3.63, 3.8) is 0 Å². The second kappa shape index (κ2) is 4.13. The third-order valence-corrected chi connectivity index (χ3v) is 2.12. The molecule has 0 heterocycles. The lowest BCUT2D eigenvalue weighted by Gasteiger charge is -2.13. The van der Waals surface area contributed by atoms with Crippen LogP contribution < -0.4 is 5.73 Å². The number of nitrogens with two attached hydrogens (primary N) is 1. The summed E-state index contributed by atoms with van der Waals surface area (Å²) in [6, 6.07) is 5.28. The summed E-state index contributed by atoms with van der Waals surface area (Å²) in [6.07, 6.45) is 0. The number of methoxy groups -OCH3 is 1. The molecule has 0 aromatic heterocycles. The molecule has 0 aliphatic heterocycles. The molecule has 1 rings (SSSR count). The summed E-state index contributed by atoms with van der Waals surface area (Å²) in [5, 5.41) is 0. The third-order valence-electron chi connectivity index (χ3n) is 2.12. The van der Waals surface area contributed by atoms with Crippen molar-refractivity contribution in [1.82, 2.24) is 0 Å². The van der Waals surface area contributed by atoms with Gasteiger partial charge in [0.25, 0.3) is 0 Å². The van der Waals surface area contributed by atoms with Crippen molar-refractivity contribution < 1.29 is 9.53 Å². The molecule has 0 amide bonds. The third kappa shape index (κ3) is 1.87. The number of hydrogen-bond donors (Lipinski definition) is 1. The highest BCUT2D eigenvalue weighted by molar-refractivity contribution is 5.92. The van der Waals surface area contributed by atoms with Gasteiger partial charge in [-0.1, -0.05) is 19.9 Å². The van der Waals surface area contributed by atoms with Crippen LogP contribution in [0.3, 0.4) is 0 Å². The predicted molar refractivity (Wildman–Crippen MR) is 56.3 cm³/mol. The zero-order valence-electron chi connectivity index (χ0n) is 8.70. The molecular formula is C11H15NO2. The molecule has 2 N–H and O–H groups in total. The zero-order chi connectivity index (χ0) is 10.7. The number of ether oxygens (including phenoxy) is 1. The molecular weight excluding hydrogens is 178 g/mol. The van der Waals surface area contributed by atoms with E-state index in [1.807, 2.05) is 13.8 Å². The number of carbonyl (C=O) groups is 1. The van der Waals surface area contributed by atoms with E-state index in [0.29, 0.717) is 11.3 Å². The first-order valence-corrected chi connectivity index (χ1v) is 4.54. The van der Waals surface area contributed by atoms with Crippen LogP contribution in [0.1, 0.15) is 35.7 Å². The molecule has 0 aliphatic carbocycles. The van der Waals surface area contributed by atoms with Crippen molar-refractivity contribution in [2.24, 2.45) is 0 Å². The van der Waals surface area contributed by atoms with Crippen LogP contribution in [0.15, 0.2) is 18.2 Å². The van der Waals surface area contributed by atoms with Crippen LogP contribution in [-0.4, -0.2) is 13.1 Å². The number of nitrogen functional groups attached to an aromatic ring is 1. The van der Waals surface area contributed by atoms with E-state index in [2.05, 4.69) is 4.74 Å². The minimum atomic E-state index is -0.332. The van der Waals surface area contributed by atoms with Crippen molar-refractivity contribution in [2.45, 2.75) is 19.8 Å². The maximum Gasteiger partial charge on any atom is 0.338 e. The van der Waals surface area contributed by atoms with E-state index in [1.54, 1.807) is 18.2 Å². The summed E-state index contributed by atoms with van der Waals surface area (Å²) in [5.74, 6) is -0.119. The number of rotatable bonds is 2. The van der Waals surface area contributed by atoms with E-state index in [9.17, 15) is 4.79 Å². The van der Waals surface area contributed by atoms with Crippen LogP contribution in [0.5, 0.6) is 0 Å². The van der Waals surface area contributed by atoms with Gasteiger partial charge in [-0.2, -0.15) is 0 Å². The Hall–Kier alpha value is -1.51. The van der Waals surface area contributed by atoms with Gasteiger partial charge in [0.2, 0.25) is 0 Å². The molecule has 1 aromatic rings. The highest BCUT2D eigenvalue weighted by Gasteiger charge is 2.15. The molecule has 0 bridgehead atoms. The number of hydrogen-bond acceptors (Lipinski definition) is 3. The first-order chi connectivity index (χ1) is 6.57. The minimum absolute atomic E-state index is 0.213. The number of benzene rings is 1. The highest BCUT2D eigenvalue weighted by Crippen LogP contribution is 2.26. The number of anilines is 1. The second-order valence-electron chi connectivity index (χ2n) is 3.45. The Bertz CT molecular complexity index is 345. The van der Waals surface area contributed by atoms with Gasteiger partial charge in [-0.25, -0.2) is 4.79 Å². The second-order valence-corrected chi connectivity index (χ2v) is 3.45. The van der Waals surface area contributed by atoms with E-state index in [4.69, 9.17) is 5.73 Å². The van der Waals surface area contributed by atoms with E-state index in [0.717, 1.165) is 5.56 Å². The molecule has 0 aliphatic rings. The fraction of sp³-hybridized carbons (Fsp3) is 0.364. The lowest BCUT2D eigenvalue weighted by Crippen LogP contribution is -2.09. The van der Waals surface area contributed by atoms with Gasteiger partial charge in [0.15, 0.2) is 0 Å². The summed E-state index contributed by atoms with van der Waals surface area (Å²) in [7, 11) is 1.37. The van der Waals surface area contributed by atoms with Crippen LogP contribution in [0.25, 0.3) is 0 Å². The van der Waals surface area contributed by atoms with Gasteiger partial charge in [-0.3, -0.25) is 0 Å². The average Bonchev–Trinajstić information content (AvgIpc) is 2.15. The van der Waals surface area contributed by atoms with Crippen LogP contribution >= 0.6 is 0 Å². The minimum Gasteiger partial charge on any atom is -0.465 e. The normalized spacial score (nSPS) is 10.3. The SMILES string of the molecule is COC(=O)c1cccc(N)c1C(C)C. The summed E-state index contributed by atoms with van der Waals surface area (Å²) in [6.45, 7) is 4.00. The molecule has 0 fully saturated rings. The van der Waals surface area contributed by atoms with Gasteiger partial charge in [-0.05, 0) is 23.6 Å². The summed E-state index contributed by atoms with van der Waals surface area (Å²) in [4.78, 5) is 11.4.